The van der Waals surface area contributed by atoms with Gasteiger partial charge in [0.1, 0.15) is 12.4 Å². The van der Waals surface area contributed by atoms with Crippen molar-refractivity contribution >= 4 is 23.2 Å². The first-order valence-corrected chi connectivity index (χ1v) is 5.26. The molecule has 0 bridgehead atoms. The molecule has 78 valence electrons. The van der Waals surface area contributed by atoms with E-state index in [2.05, 4.69) is 0 Å². The van der Waals surface area contributed by atoms with Gasteiger partial charge in [-0.1, -0.05) is 17.7 Å². The van der Waals surface area contributed by atoms with Crippen molar-refractivity contribution in [3.05, 3.63) is 29.3 Å². The normalized spacial score (nSPS) is 10.1. The fraction of sp³-hybridized carbons (Fsp3) is 0.400. The van der Waals surface area contributed by atoms with Crippen LogP contribution in [0.1, 0.15) is 0 Å². The van der Waals surface area contributed by atoms with Crippen LogP contribution in [0, 0.1) is 0 Å². The minimum atomic E-state index is 0.511. The number of hydrogen-bond acceptors (Lipinski definition) is 2. The van der Waals surface area contributed by atoms with Gasteiger partial charge in [0.05, 0.1) is 13.2 Å². The fourth-order valence-electron chi connectivity index (χ4n) is 0.932. The van der Waals surface area contributed by atoms with E-state index >= 15 is 0 Å². The fourth-order valence-corrected chi connectivity index (χ4v) is 1.22. The van der Waals surface area contributed by atoms with Crippen LogP contribution >= 0.6 is 23.2 Å². The summed E-state index contributed by atoms with van der Waals surface area (Å²) >= 11 is 11.2. The minimum absolute atomic E-state index is 0.511. The molecular weight excluding hydrogens is 223 g/mol. The van der Waals surface area contributed by atoms with Gasteiger partial charge in [0, 0.05) is 10.9 Å². The average Bonchev–Trinajstić information content (AvgIpc) is 2.18. The highest BCUT2D eigenvalue weighted by atomic mass is 35.5. The van der Waals surface area contributed by atoms with Crippen LogP contribution in [0.2, 0.25) is 5.02 Å². The molecule has 0 aliphatic carbocycles. The van der Waals surface area contributed by atoms with Crippen molar-refractivity contribution in [1.82, 2.24) is 0 Å². The standard InChI is InChI=1S/C10H12Cl2O2/c11-4-5-13-6-7-14-10-3-1-2-9(12)8-10/h1-3,8H,4-7H2. The third-order valence-electron chi connectivity index (χ3n) is 1.51. The molecule has 1 rings (SSSR count). The van der Waals surface area contributed by atoms with Crippen molar-refractivity contribution in [2.75, 3.05) is 25.7 Å². The summed E-state index contributed by atoms with van der Waals surface area (Å²) in [7, 11) is 0. The highest BCUT2D eigenvalue weighted by Crippen LogP contribution is 2.16. The molecule has 0 saturated carbocycles. The van der Waals surface area contributed by atoms with Crippen LogP contribution in [-0.2, 0) is 4.74 Å². The maximum Gasteiger partial charge on any atom is 0.120 e. The van der Waals surface area contributed by atoms with Crippen LogP contribution in [0.25, 0.3) is 0 Å². The van der Waals surface area contributed by atoms with Gasteiger partial charge in [-0.05, 0) is 18.2 Å². The maximum absolute atomic E-state index is 5.78. The molecule has 0 N–H and O–H groups in total. The third-order valence-corrected chi connectivity index (χ3v) is 1.90. The first-order valence-electron chi connectivity index (χ1n) is 4.35. The minimum Gasteiger partial charge on any atom is -0.491 e. The van der Waals surface area contributed by atoms with E-state index < -0.39 is 0 Å². The summed E-state index contributed by atoms with van der Waals surface area (Å²) in [6, 6.07) is 7.27. The first kappa shape index (κ1) is 11.6. The second-order valence-electron chi connectivity index (χ2n) is 2.61. The van der Waals surface area contributed by atoms with Crippen molar-refractivity contribution in [2.45, 2.75) is 0 Å². The molecule has 0 saturated heterocycles. The molecule has 14 heavy (non-hydrogen) atoms. The van der Waals surface area contributed by atoms with E-state index in [1.807, 2.05) is 12.1 Å². The molecule has 0 fully saturated rings. The van der Waals surface area contributed by atoms with E-state index in [-0.39, 0.29) is 0 Å². The highest BCUT2D eigenvalue weighted by Gasteiger charge is 1.94. The van der Waals surface area contributed by atoms with E-state index in [1.54, 1.807) is 12.1 Å². The van der Waals surface area contributed by atoms with Crippen LogP contribution in [0.5, 0.6) is 5.75 Å². The zero-order valence-corrected chi connectivity index (χ0v) is 9.22. The molecule has 0 aromatic heterocycles. The Morgan fingerprint density at radius 2 is 2.00 bits per heavy atom. The summed E-state index contributed by atoms with van der Waals surface area (Å²) < 4.78 is 10.5. The molecule has 1 aromatic carbocycles. The van der Waals surface area contributed by atoms with Crippen molar-refractivity contribution in [2.24, 2.45) is 0 Å². The molecule has 0 aliphatic heterocycles. The molecule has 0 amide bonds. The van der Waals surface area contributed by atoms with E-state index in [0.29, 0.717) is 30.7 Å². The number of rotatable bonds is 6. The SMILES string of the molecule is ClCCOCCOc1cccc(Cl)c1. The highest BCUT2D eigenvalue weighted by molar-refractivity contribution is 6.30. The zero-order valence-electron chi connectivity index (χ0n) is 7.71. The summed E-state index contributed by atoms with van der Waals surface area (Å²) in [6.07, 6.45) is 0. The summed E-state index contributed by atoms with van der Waals surface area (Å²) in [5.74, 6) is 1.27. The smallest absolute Gasteiger partial charge is 0.120 e. The topological polar surface area (TPSA) is 18.5 Å². The van der Waals surface area contributed by atoms with Gasteiger partial charge in [-0.15, -0.1) is 11.6 Å². The van der Waals surface area contributed by atoms with Crippen LogP contribution in [0.15, 0.2) is 24.3 Å². The van der Waals surface area contributed by atoms with Crippen LogP contribution < -0.4 is 4.74 Å². The Morgan fingerprint density at radius 3 is 2.71 bits per heavy atom. The molecule has 1 aromatic rings. The number of halogens is 2. The van der Waals surface area contributed by atoms with Crippen molar-refractivity contribution in [1.29, 1.82) is 0 Å². The van der Waals surface area contributed by atoms with Gasteiger partial charge in [-0.3, -0.25) is 0 Å². The van der Waals surface area contributed by atoms with Gasteiger partial charge in [-0.25, -0.2) is 0 Å². The number of hydrogen-bond donors (Lipinski definition) is 0. The third kappa shape index (κ3) is 4.70. The molecular formula is C10H12Cl2O2. The van der Waals surface area contributed by atoms with Gasteiger partial charge in [0.15, 0.2) is 0 Å². The summed E-state index contributed by atoms with van der Waals surface area (Å²) in [6.45, 7) is 1.61. The van der Waals surface area contributed by atoms with E-state index in [4.69, 9.17) is 32.7 Å². The average molecular weight is 235 g/mol. The van der Waals surface area contributed by atoms with Gasteiger partial charge >= 0.3 is 0 Å². The molecule has 0 spiro atoms. The molecule has 0 atom stereocenters. The van der Waals surface area contributed by atoms with Gasteiger partial charge in [-0.2, -0.15) is 0 Å². The number of ether oxygens (including phenoxy) is 2. The Hall–Kier alpha value is -0.440. The molecule has 0 unspecified atom stereocenters. The van der Waals surface area contributed by atoms with Crippen molar-refractivity contribution in [3.8, 4) is 5.75 Å². The van der Waals surface area contributed by atoms with Crippen molar-refractivity contribution in [3.63, 3.8) is 0 Å². The molecule has 2 nitrogen and oxygen atoms in total. The predicted octanol–water partition coefficient (Wildman–Crippen LogP) is 2.97. The Labute approximate surface area is 93.7 Å². The van der Waals surface area contributed by atoms with Gasteiger partial charge < -0.3 is 9.47 Å². The van der Waals surface area contributed by atoms with Crippen LogP contribution in [0.4, 0.5) is 0 Å². The Kier molecular flexibility index (Phi) is 5.76. The molecule has 0 aliphatic rings. The van der Waals surface area contributed by atoms with Gasteiger partial charge in [0.2, 0.25) is 0 Å². The Balaban J connectivity index is 2.18. The summed E-state index contributed by atoms with van der Waals surface area (Å²) in [4.78, 5) is 0. The number of benzene rings is 1. The largest absolute Gasteiger partial charge is 0.491 e. The predicted molar refractivity (Wildman–Crippen MR) is 58.5 cm³/mol. The summed E-state index contributed by atoms with van der Waals surface area (Å²) in [5.41, 5.74) is 0. The van der Waals surface area contributed by atoms with E-state index in [0.717, 1.165) is 5.75 Å². The lowest BCUT2D eigenvalue weighted by atomic mass is 10.3. The van der Waals surface area contributed by atoms with Crippen molar-refractivity contribution < 1.29 is 9.47 Å². The second kappa shape index (κ2) is 6.93. The quantitative estimate of drug-likeness (QED) is 0.557. The van der Waals surface area contributed by atoms with Crippen LogP contribution in [0.3, 0.4) is 0 Å². The number of alkyl halides is 1. The lowest BCUT2D eigenvalue weighted by molar-refractivity contribution is 0.111. The first-order chi connectivity index (χ1) is 6.83. The second-order valence-corrected chi connectivity index (χ2v) is 3.42. The summed E-state index contributed by atoms with van der Waals surface area (Å²) in [5, 5.41) is 0.671. The molecule has 0 heterocycles. The zero-order chi connectivity index (χ0) is 10.2. The maximum atomic E-state index is 5.78. The monoisotopic (exact) mass is 234 g/mol. The molecule has 0 radical (unpaired) electrons. The van der Waals surface area contributed by atoms with Gasteiger partial charge in [0.25, 0.3) is 0 Å². The van der Waals surface area contributed by atoms with Crippen LogP contribution in [-0.4, -0.2) is 25.7 Å². The Bertz CT molecular complexity index is 266. The van der Waals surface area contributed by atoms with E-state index in [1.165, 1.54) is 0 Å². The van der Waals surface area contributed by atoms with E-state index in [9.17, 15) is 0 Å². The lowest BCUT2D eigenvalue weighted by Crippen LogP contribution is -2.07. The lowest BCUT2D eigenvalue weighted by Gasteiger charge is -2.06. The molecule has 4 heteroatoms. The Morgan fingerprint density at radius 1 is 1.14 bits per heavy atom.